The molecule has 0 heterocycles. The van der Waals surface area contributed by atoms with Gasteiger partial charge in [0.25, 0.3) is 0 Å². The second kappa shape index (κ2) is 7.96. The topological polar surface area (TPSA) is 0 Å². The molecular formula is C24H19Br. The average Bonchev–Trinajstić information content (AvgIpc) is 2.67. The van der Waals surface area contributed by atoms with E-state index in [4.69, 9.17) is 0 Å². The first kappa shape index (κ1) is 17.2. The van der Waals surface area contributed by atoms with Crippen molar-refractivity contribution in [3.8, 4) is 22.3 Å². The van der Waals surface area contributed by atoms with Gasteiger partial charge in [-0.2, -0.15) is 0 Å². The molecule has 0 aliphatic rings. The van der Waals surface area contributed by atoms with Crippen molar-refractivity contribution in [1.82, 2.24) is 0 Å². The van der Waals surface area contributed by atoms with Gasteiger partial charge >= 0.3 is 0 Å². The molecule has 0 saturated heterocycles. The lowest BCUT2D eigenvalue weighted by Gasteiger charge is -2.14. The second-order valence-electron chi connectivity index (χ2n) is 5.70. The summed E-state index contributed by atoms with van der Waals surface area (Å²) in [5, 5.41) is 0. The summed E-state index contributed by atoms with van der Waals surface area (Å²) in [6.45, 7) is 7.82. The highest BCUT2D eigenvalue weighted by Gasteiger charge is 2.10. The highest BCUT2D eigenvalue weighted by molar-refractivity contribution is 9.10. The maximum atomic E-state index is 3.98. The Morgan fingerprint density at radius 1 is 0.760 bits per heavy atom. The molecule has 0 aromatic heterocycles. The summed E-state index contributed by atoms with van der Waals surface area (Å²) >= 11 is 3.51. The van der Waals surface area contributed by atoms with Crippen LogP contribution in [0.1, 0.15) is 5.56 Å². The van der Waals surface area contributed by atoms with E-state index in [-0.39, 0.29) is 0 Å². The van der Waals surface area contributed by atoms with Gasteiger partial charge in [0.1, 0.15) is 0 Å². The molecule has 0 atom stereocenters. The highest BCUT2D eigenvalue weighted by atomic mass is 79.9. The van der Waals surface area contributed by atoms with E-state index in [9.17, 15) is 0 Å². The summed E-state index contributed by atoms with van der Waals surface area (Å²) in [4.78, 5) is 0. The van der Waals surface area contributed by atoms with Gasteiger partial charge in [0.05, 0.1) is 0 Å². The number of benzene rings is 3. The quantitative estimate of drug-likeness (QED) is 0.397. The zero-order valence-corrected chi connectivity index (χ0v) is 15.5. The molecule has 3 aromatic rings. The minimum atomic E-state index is 1.06. The van der Waals surface area contributed by atoms with Gasteiger partial charge in [-0.15, -0.1) is 0 Å². The molecule has 0 saturated carbocycles. The molecule has 3 aromatic carbocycles. The first-order valence-electron chi connectivity index (χ1n) is 8.14. The molecule has 0 unspecified atom stereocenters. The fourth-order valence-corrected chi connectivity index (χ4v) is 3.13. The lowest BCUT2D eigenvalue weighted by atomic mass is 9.90. The van der Waals surface area contributed by atoms with E-state index in [1.54, 1.807) is 6.08 Å². The number of hydrogen-bond donors (Lipinski definition) is 0. The Hall–Kier alpha value is -2.64. The van der Waals surface area contributed by atoms with Crippen LogP contribution in [0, 0.1) is 0 Å². The maximum absolute atomic E-state index is 3.98. The van der Waals surface area contributed by atoms with Gasteiger partial charge in [-0.1, -0.05) is 102 Å². The van der Waals surface area contributed by atoms with Gasteiger partial charge in [0, 0.05) is 4.47 Å². The van der Waals surface area contributed by atoms with Crippen LogP contribution in [0.15, 0.2) is 109 Å². The van der Waals surface area contributed by atoms with Crippen LogP contribution in [0.5, 0.6) is 0 Å². The maximum Gasteiger partial charge on any atom is 0.0175 e. The Kier molecular flexibility index (Phi) is 5.47. The van der Waals surface area contributed by atoms with Crippen LogP contribution in [0.25, 0.3) is 27.8 Å². The highest BCUT2D eigenvalue weighted by Crippen LogP contribution is 2.34. The SMILES string of the molecule is C=C/C=C(\C=C)c1cc(-c2ccccc2)ccc1-c1ccc(Br)cc1. The zero-order chi connectivity index (χ0) is 17.6. The molecule has 0 aliphatic heterocycles. The van der Waals surface area contributed by atoms with Gasteiger partial charge in [-0.25, -0.2) is 0 Å². The predicted octanol–water partition coefficient (Wildman–Crippen LogP) is 7.54. The molecule has 3 rings (SSSR count). The standard InChI is InChI=1S/C24H19Br/c1-3-8-18(4-2)24-17-21(19-9-6-5-7-10-19)13-16-23(24)20-11-14-22(25)15-12-20/h3-17H,1-2H2/b18-8+. The second-order valence-corrected chi connectivity index (χ2v) is 6.61. The van der Waals surface area contributed by atoms with Crippen LogP contribution in [-0.2, 0) is 0 Å². The number of halogens is 1. The molecule has 0 N–H and O–H groups in total. The van der Waals surface area contributed by atoms with Crippen molar-refractivity contribution >= 4 is 21.5 Å². The predicted molar refractivity (Wildman–Crippen MR) is 113 cm³/mol. The summed E-state index contributed by atoms with van der Waals surface area (Å²) in [5.74, 6) is 0. The molecule has 0 nitrogen and oxygen atoms in total. The first-order valence-corrected chi connectivity index (χ1v) is 8.93. The summed E-state index contributed by atoms with van der Waals surface area (Å²) in [6, 6.07) is 25.4. The fraction of sp³-hybridized carbons (Fsp3) is 0. The Bertz CT molecular complexity index is 916. The van der Waals surface area contributed by atoms with Crippen molar-refractivity contribution in [2.45, 2.75) is 0 Å². The van der Waals surface area contributed by atoms with Crippen LogP contribution in [-0.4, -0.2) is 0 Å². The van der Waals surface area contributed by atoms with E-state index in [0.717, 1.165) is 15.6 Å². The molecule has 122 valence electrons. The van der Waals surface area contributed by atoms with Crippen molar-refractivity contribution in [2.75, 3.05) is 0 Å². The molecule has 25 heavy (non-hydrogen) atoms. The normalized spacial score (nSPS) is 11.2. The smallest absolute Gasteiger partial charge is 0.0175 e. The third-order valence-electron chi connectivity index (χ3n) is 4.11. The molecule has 0 amide bonds. The Labute approximate surface area is 158 Å². The number of allylic oxidation sites excluding steroid dienone is 4. The van der Waals surface area contributed by atoms with Crippen LogP contribution in [0.2, 0.25) is 0 Å². The Morgan fingerprint density at radius 2 is 1.44 bits per heavy atom. The van der Waals surface area contributed by atoms with E-state index < -0.39 is 0 Å². The fourth-order valence-electron chi connectivity index (χ4n) is 2.87. The van der Waals surface area contributed by atoms with E-state index >= 15 is 0 Å². The number of rotatable bonds is 5. The van der Waals surface area contributed by atoms with Crippen LogP contribution in [0.3, 0.4) is 0 Å². The van der Waals surface area contributed by atoms with E-state index in [1.807, 2.05) is 18.2 Å². The summed E-state index contributed by atoms with van der Waals surface area (Å²) in [6.07, 6.45) is 5.69. The molecule has 0 radical (unpaired) electrons. The van der Waals surface area contributed by atoms with Crippen molar-refractivity contribution < 1.29 is 0 Å². The molecule has 1 heteroatoms. The van der Waals surface area contributed by atoms with E-state index in [1.165, 1.54) is 22.3 Å². The number of hydrogen-bond acceptors (Lipinski definition) is 0. The lowest BCUT2D eigenvalue weighted by molar-refractivity contribution is 1.54. The van der Waals surface area contributed by atoms with Crippen molar-refractivity contribution in [1.29, 1.82) is 0 Å². The molecular weight excluding hydrogens is 368 g/mol. The van der Waals surface area contributed by atoms with Crippen molar-refractivity contribution in [3.63, 3.8) is 0 Å². The molecule has 0 fully saturated rings. The van der Waals surface area contributed by atoms with Crippen LogP contribution in [0.4, 0.5) is 0 Å². The molecule has 0 spiro atoms. The third kappa shape index (κ3) is 3.89. The van der Waals surface area contributed by atoms with Gasteiger partial charge in [-0.3, -0.25) is 0 Å². The minimum absolute atomic E-state index is 1.06. The zero-order valence-electron chi connectivity index (χ0n) is 14.0. The monoisotopic (exact) mass is 386 g/mol. The molecule has 0 bridgehead atoms. The average molecular weight is 387 g/mol. The van der Waals surface area contributed by atoms with Gasteiger partial charge < -0.3 is 0 Å². The van der Waals surface area contributed by atoms with Crippen LogP contribution < -0.4 is 0 Å². The Morgan fingerprint density at radius 3 is 2.08 bits per heavy atom. The summed E-state index contributed by atoms with van der Waals surface area (Å²) in [7, 11) is 0. The Balaban J connectivity index is 2.21. The van der Waals surface area contributed by atoms with Gasteiger partial charge in [0.15, 0.2) is 0 Å². The minimum Gasteiger partial charge on any atom is -0.0990 e. The van der Waals surface area contributed by atoms with Gasteiger partial charge in [0.2, 0.25) is 0 Å². The summed E-state index contributed by atoms with van der Waals surface area (Å²) in [5.41, 5.74) is 6.96. The van der Waals surface area contributed by atoms with E-state index in [0.29, 0.717) is 0 Å². The van der Waals surface area contributed by atoms with Crippen molar-refractivity contribution in [3.05, 3.63) is 114 Å². The molecule has 0 aliphatic carbocycles. The first-order chi connectivity index (χ1) is 12.2. The largest absolute Gasteiger partial charge is 0.0990 e. The van der Waals surface area contributed by atoms with E-state index in [2.05, 4.69) is 95.8 Å². The third-order valence-corrected chi connectivity index (χ3v) is 4.64. The van der Waals surface area contributed by atoms with Crippen molar-refractivity contribution in [2.24, 2.45) is 0 Å². The van der Waals surface area contributed by atoms with Gasteiger partial charge in [-0.05, 0) is 51.6 Å². The summed E-state index contributed by atoms with van der Waals surface area (Å²) < 4.78 is 1.07. The lowest BCUT2D eigenvalue weighted by Crippen LogP contribution is -1.90. The van der Waals surface area contributed by atoms with Crippen LogP contribution >= 0.6 is 15.9 Å².